The van der Waals surface area contributed by atoms with Crippen molar-refractivity contribution < 1.29 is 14.3 Å². The van der Waals surface area contributed by atoms with E-state index in [1.807, 2.05) is 37.3 Å². The average molecular weight is 412 g/mol. The second kappa shape index (κ2) is 8.92. The number of amides is 1. The molecule has 2 atom stereocenters. The largest absolute Gasteiger partial charge is 0.449 e. The Hall–Kier alpha value is -3.12. The van der Waals surface area contributed by atoms with Gasteiger partial charge in [0.2, 0.25) is 0 Å². The first-order valence-electron chi connectivity index (χ1n) is 9.23. The Morgan fingerprint density at radius 3 is 2.38 bits per heavy atom. The third-order valence-corrected chi connectivity index (χ3v) is 4.86. The number of benzene rings is 2. The maximum atomic E-state index is 12.6. The van der Waals surface area contributed by atoms with E-state index >= 15 is 0 Å². The van der Waals surface area contributed by atoms with Gasteiger partial charge in [-0.25, -0.2) is 9.48 Å². The van der Waals surface area contributed by atoms with Crippen LogP contribution in [0.2, 0.25) is 5.02 Å². The van der Waals surface area contributed by atoms with Gasteiger partial charge in [-0.2, -0.15) is 5.10 Å². The quantitative estimate of drug-likeness (QED) is 0.615. The van der Waals surface area contributed by atoms with Crippen LogP contribution in [0, 0.1) is 6.92 Å². The molecule has 0 aliphatic heterocycles. The fraction of sp³-hybridized carbons (Fsp3) is 0.227. The summed E-state index contributed by atoms with van der Waals surface area (Å²) in [5.74, 6) is -0.963. The van der Waals surface area contributed by atoms with Gasteiger partial charge >= 0.3 is 5.97 Å². The van der Waals surface area contributed by atoms with Crippen LogP contribution in [0.3, 0.4) is 0 Å². The number of halogens is 1. The van der Waals surface area contributed by atoms with Crippen LogP contribution in [-0.4, -0.2) is 27.8 Å². The molecule has 0 fully saturated rings. The van der Waals surface area contributed by atoms with Crippen molar-refractivity contribution in [3.05, 3.63) is 82.6 Å². The Balaban J connectivity index is 1.65. The van der Waals surface area contributed by atoms with E-state index in [4.69, 9.17) is 16.3 Å². The van der Waals surface area contributed by atoms with E-state index in [2.05, 4.69) is 10.4 Å². The molecule has 6 nitrogen and oxygen atoms in total. The first-order chi connectivity index (χ1) is 13.9. The maximum Gasteiger partial charge on any atom is 0.342 e. The second-order valence-corrected chi connectivity index (χ2v) is 7.16. The Labute approximate surface area is 174 Å². The van der Waals surface area contributed by atoms with Crippen LogP contribution in [0.15, 0.2) is 60.8 Å². The van der Waals surface area contributed by atoms with Gasteiger partial charge < -0.3 is 10.1 Å². The topological polar surface area (TPSA) is 73.2 Å². The molecular formula is C22H22ClN3O3. The number of hydrogen-bond acceptors (Lipinski definition) is 4. The van der Waals surface area contributed by atoms with Crippen molar-refractivity contribution in [2.75, 3.05) is 0 Å². The predicted octanol–water partition coefficient (Wildman–Crippen LogP) is 4.26. The van der Waals surface area contributed by atoms with Gasteiger partial charge in [-0.3, -0.25) is 4.79 Å². The SMILES string of the molecule is Cc1c(C(=O)OC(C)C(=O)NC(C)c2ccccc2)cnn1-c1ccc(Cl)cc1. The minimum atomic E-state index is -0.938. The second-order valence-electron chi connectivity index (χ2n) is 6.72. The summed E-state index contributed by atoms with van der Waals surface area (Å²) in [5, 5.41) is 7.72. The fourth-order valence-corrected chi connectivity index (χ4v) is 3.01. The number of carbonyl (C=O) groups is 2. The molecule has 0 bridgehead atoms. The number of esters is 1. The number of hydrogen-bond donors (Lipinski definition) is 1. The van der Waals surface area contributed by atoms with E-state index in [0.717, 1.165) is 11.3 Å². The molecule has 0 saturated heterocycles. The summed E-state index contributed by atoms with van der Waals surface area (Å²) < 4.78 is 6.98. The van der Waals surface area contributed by atoms with E-state index in [-0.39, 0.29) is 11.9 Å². The van der Waals surface area contributed by atoms with Crippen molar-refractivity contribution in [2.45, 2.75) is 32.9 Å². The molecular weight excluding hydrogens is 390 g/mol. The lowest BCUT2D eigenvalue weighted by molar-refractivity contribution is -0.129. The zero-order chi connectivity index (χ0) is 21.0. The molecule has 1 aromatic heterocycles. The van der Waals surface area contributed by atoms with Crippen LogP contribution in [0.25, 0.3) is 5.69 Å². The molecule has 0 aliphatic carbocycles. The first-order valence-corrected chi connectivity index (χ1v) is 9.61. The molecule has 0 aliphatic rings. The highest BCUT2D eigenvalue weighted by Gasteiger charge is 2.23. The van der Waals surface area contributed by atoms with Gasteiger partial charge in [-0.05, 0) is 50.6 Å². The molecule has 1 amide bonds. The fourth-order valence-electron chi connectivity index (χ4n) is 2.89. The highest BCUT2D eigenvalue weighted by molar-refractivity contribution is 6.30. The molecule has 150 valence electrons. The molecule has 0 spiro atoms. The first kappa shape index (κ1) is 20.6. The van der Waals surface area contributed by atoms with E-state index in [0.29, 0.717) is 16.3 Å². The molecule has 3 aromatic rings. The van der Waals surface area contributed by atoms with Crippen molar-refractivity contribution >= 4 is 23.5 Å². The van der Waals surface area contributed by atoms with Gasteiger partial charge in [0.25, 0.3) is 5.91 Å². The molecule has 0 saturated carbocycles. The van der Waals surface area contributed by atoms with Crippen molar-refractivity contribution in [3.8, 4) is 5.69 Å². The summed E-state index contributed by atoms with van der Waals surface area (Å²) >= 11 is 5.91. The van der Waals surface area contributed by atoms with E-state index in [9.17, 15) is 9.59 Å². The molecule has 2 unspecified atom stereocenters. The summed E-state index contributed by atoms with van der Waals surface area (Å²) in [4.78, 5) is 25.0. The number of carbonyl (C=O) groups excluding carboxylic acids is 2. The number of ether oxygens (including phenoxy) is 1. The minimum Gasteiger partial charge on any atom is -0.449 e. The Morgan fingerprint density at radius 1 is 1.07 bits per heavy atom. The number of rotatable bonds is 6. The highest BCUT2D eigenvalue weighted by atomic mass is 35.5. The third kappa shape index (κ3) is 4.84. The van der Waals surface area contributed by atoms with Crippen molar-refractivity contribution in [1.82, 2.24) is 15.1 Å². The molecule has 0 radical (unpaired) electrons. The van der Waals surface area contributed by atoms with Gasteiger partial charge in [0.1, 0.15) is 5.56 Å². The van der Waals surface area contributed by atoms with E-state index in [1.54, 1.807) is 42.8 Å². The predicted molar refractivity (Wildman–Crippen MR) is 111 cm³/mol. The summed E-state index contributed by atoms with van der Waals surface area (Å²) in [6.45, 7) is 5.19. The van der Waals surface area contributed by atoms with Crippen molar-refractivity contribution in [2.24, 2.45) is 0 Å². The lowest BCUT2D eigenvalue weighted by Gasteiger charge is -2.18. The summed E-state index contributed by atoms with van der Waals surface area (Å²) in [7, 11) is 0. The van der Waals surface area contributed by atoms with Crippen LogP contribution in [0.4, 0.5) is 0 Å². The molecule has 3 rings (SSSR count). The van der Waals surface area contributed by atoms with Crippen LogP contribution in [0.5, 0.6) is 0 Å². The summed E-state index contributed by atoms with van der Waals surface area (Å²) in [6, 6.07) is 16.5. The highest BCUT2D eigenvalue weighted by Crippen LogP contribution is 2.18. The van der Waals surface area contributed by atoms with E-state index < -0.39 is 12.1 Å². The van der Waals surface area contributed by atoms with Crippen LogP contribution >= 0.6 is 11.6 Å². The Morgan fingerprint density at radius 2 is 1.72 bits per heavy atom. The number of nitrogens with one attached hydrogen (secondary N) is 1. The molecule has 1 N–H and O–H groups in total. The zero-order valence-electron chi connectivity index (χ0n) is 16.4. The molecule has 1 heterocycles. The van der Waals surface area contributed by atoms with E-state index in [1.165, 1.54) is 6.20 Å². The van der Waals surface area contributed by atoms with Gasteiger partial charge in [0.15, 0.2) is 6.10 Å². The average Bonchev–Trinajstić information content (AvgIpc) is 3.10. The minimum absolute atomic E-state index is 0.195. The van der Waals surface area contributed by atoms with Crippen molar-refractivity contribution in [1.29, 1.82) is 0 Å². The number of aromatic nitrogens is 2. The van der Waals surface area contributed by atoms with Crippen LogP contribution in [-0.2, 0) is 9.53 Å². The maximum absolute atomic E-state index is 12.6. The van der Waals surface area contributed by atoms with Crippen LogP contribution < -0.4 is 5.32 Å². The third-order valence-electron chi connectivity index (χ3n) is 4.61. The van der Waals surface area contributed by atoms with Gasteiger partial charge in [-0.15, -0.1) is 0 Å². The van der Waals surface area contributed by atoms with Gasteiger partial charge in [0, 0.05) is 5.02 Å². The Kier molecular flexibility index (Phi) is 6.34. The van der Waals surface area contributed by atoms with Crippen molar-refractivity contribution in [3.63, 3.8) is 0 Å². The zero-order valence-corrected chi connectivity index (χ0v) is 17.2. The monoisotopic (exact) mass is 411 g/mol. The normalized spacial score (nSPS) is 12.8. The van der Waals surface area contributed by atoms with Crippen LogP contribution in [0.1, 0.15) is 41.5 Å². The number of nitrogens with zero attached hydrogens (tertiary/aromatic N) is 2. The Bertz CT molecular complexity index is 1000. The van der Waals surface area contributed by atoms with Gasteiger partial charge in [-0.1, -0.05) is 41.9 Å². The standard InChI is InChI=1S/C22H22ClN3O3/c1-14(17-7-5-4-6-8-17)25-21(27)16(3)29-22(28)20-13-24-26(15(20)2)19-11-9-18(23)10-12-19/h4-14,16H,1-3H3,(H,25,27). The summed E-state index contributed by atoms with van der Waals surface area (Å²) in [5.41, 5.74) is 2.66. The smallest absolute Gasteiger partial charge is 0.342 e. The molecule has 7 heteroatoms. The molecule has 29 heavy (non-hydrogen) atoms. The lowest BCUT2D eigenvalue weighted by Crippen LogP contribution is -2.37. The lowest BCUT2D eigenvalue weighted by atomic mass is 10.1. The summed E-state index contributed by atoms with van der Waals surface area (Å²) in [6.07, 6.45) is 0.496. The molecule has 2 aromatic carbocycles. The van der Waals surface area contributed by atoms with Gasteiger partial charge in [0.05, 0.1) is 23.6 Å².